The molecule has 0 aromatic carbocycles. The number of nitrogens with zero attached hydrogens (tertiary/aromatic N) is 2. The molecule has 0 unspecified atom stereocenters. The average Bonchev–Trinajstić information content (AvgIpc) is 2.58. The Morgan fingerprint density at radius 3 is 2.54 bits per heavy atom. The minimum absolute atomic E-state index is 0.0293. The molecular weight excluding hydrogens is 332 g/mol. The van der Waals surface area contributed by atoms with E-state index in [2.05, 4.69) is 4.85 Å². The molecule has 0 radical (unpaired) electrons. The van der Waals surface area contributed by atoms with Crippen LogP contribution in [0.3, 0.4) is 0 Å². The van der Waals surface area contributed by atoms with Crippen LogP contribution in [-0.4, -0.2) is 22.6 Å². The number of Topliss-reactive ketones (excluding diaryl/α,β-unsaturated/α-hetero) is 1. The van der Waals surface area contributed by atoms with Gasteiger partial charge in [-0.25, -0.2) is 4.85 Å². The molecule has 3 atom stereocenters. The second-order valence-corrected chi connectivity index (χ2v) is 7.93. The Kier molecular flexibility index (Phi) is 3.60. The third-order valence-electron chi connectivity index (χ3n) is 6.29. The Hall–Kier alpha value is -2.99. The molecule has 26 heavy (non-hydrogen) atoms. The van der Waals surface area contributed by atoms with Gasteiger partial charge in [0.05, 0.1) is 12.1 Å². The van der Waals surface area contributed by atoms with Gasteiger partial charge in [0, 0.05) is 10.8 Å². The van der Waals surface area contributed by atoms with E-state index in [0.29, 0.717) is 12.0 Å². The third-order valence-corrected chi connectivity index (χ3v) is 6.29. The van der Waals surface area contributed by atoms with Crippen molar-refractivity contribution in [1.29, 1.82) is 5.26 Å². The highest BCUT2D eigenvalue weighted by Gasteiger charge is 2.61. The van der Waals surface area contributed by atoms with Gasteiger partial charge in [0.25, 0.3) is 0 Å². The van der Waals surface area contributed by atoms with E-state index in [9.17, 15) is 24.8 Å². The number of ketones is 2. The molecule has 1 fully saturated rings. The first-order valence-electron chi connectivity index (χ1n) is 8.33. The zero-order valence-electron chi connectivity index (χ0n) is 14.8. The molecular formula is C20H18N2O4. The van der Waals surface area contributed by atoms with Crippen LogP contribution in [0.15, 0.2) is 35.1 Å². The van der Waals surface area contributed by atoms with Gasteiger partial charge in [-0.3, -0.25) is 9.59 Å². The summed E-state index contributed by atoms with van der Waals surface area (Å²) in [5.41, 5.74) is -3.10. The molecule has 3 rings (SSSR count). The standard InChI is InChI=1S/C20H18N2O4/c1-18(2)14-5-6-20(17(25)26)8-11(10-21)13(23)7-15(20)19(14,3)9-12(22-4)16(18)24/h7-9,14H,5-6H2,1-3H3,(H,25,26)/t14-,19-,20+/m0/s1. The minimum atomic E-state index is -1.47. The highest BCUT2D eigenvalue weighted by atomic mass is 16.4. The van der Waals surface area contributed by atoms with Gasteiger partial charge in [0.15, 0.2) is 11.6 Å². The van der Waals surface area contributed by atoms with Crippen LogP contribution in [0.25, 0.3) is 4.85 Å². The van der Waals surface area contributed by atoms with Crippen LogP contribution in [0.1, 0.15) is 33.6 Å². The van der Waals surface area contributed by atoms with Gasteiger partial charge in [-0.05, 0) is 36.5 Å². The van der Waals surface area contributed by atoms with Crippen molar-refractivity contribution in [2.45, 2.75) is 33.6 Å². The number of allylic oxidation sites excluding steroid dienone is 4. The lowest BCUT2D eigenvalue weighted by molar-refractivity contribution is -0.148. The maximum Gasteiger partial charge on any atom is 0.317 e. The summed E-state index contributed by atoms with van der Waals surface area (Å²) in [5.74, 6) is -2.16. The maximum absolute atomic E-state index is 12.7. The van der Waals surface area contributed by atoms with E-state index in [1.54, 1.807) is 26.8 Å². The van der Waals surface area contributed by atoms with E-state index in [0.717, 1.165) is 0 Å². The van der Waals surface area contributed by atoms with Gasteiger partial charge >= 0.3 is 5.97 Å². The van der Waals surface area contributed by atoms with Gasteiger partial charge < -0.3 is 9.90 Å². The molecule has 0 spiro atoms. The number of carboxylic acid groups (broad SMARTS) is 1. The first kappa shape index (κ1) is 17.8. The Morgan fingerprint density at radius 2 is 2.00 bits per heavy atom. The van der Waals surface area contributed by atoms with Crippen molar-refractivity contribution in [2.24, 2.45) is 22.2 Å². The van der Waals surface area contributed by atoms with Gasteiger partial charge in [-0.15, -0.1) is 0 Å². The summed E-state index contributed by atoms with van der Waals surface area (Å²) in [6.45, 7) is 12.7. The van der Waals surface area contributed by atoms with Crippen molar-refractivity contribution in [2.75, 3.05) is 0 Å². The van der Waals surface area contributed by atoms with Gasteiger partial charge in [-0.1, -0.05) is 26.8 Å². The largest absolute Gasteiger partial charge is 0.480 e. The van der Waals surface area contributed by atoms with Gasteiger partial charge in [0.1, 0.15) is 11.5 Å². The maximum atomic E-state index is 12.7. The smallest absolute Gasteiger partial charge is 0.317 e. The predicted octanol–water partition coefficient (Wildman–Crippen LogP) is 2.84. The van der Waals surface area contributed by atoms with Crippen molar-refractivity contribution in [3.8, 4) is 6.07 Å². The second kappa shape index (κ2) is 5.25. The molecule has 132 valence electrons. The van der Waals surface area contributed by atoms with Crippen molar-refractivity contribution in [3.05, 3.63) is 46.5 Å². The summed E-state index contributed by atoms with van der Waals surface area (Å²) in [5, 5.41) is 19.2. The average molecular weight is 350 g/mol. The predicted molar refractivity (Wildman–Crippen MR) is 91.2 cm³/mol. The van der Waals surface area contributed by atoms with E-state index < -0.39 is 28.0 Å². The lowest BCUT2D eigenvalue weighted by atomic mass is 9.45. The highest BCUT2D eigenvalue weighted by Crippen LogP contribution is 2.63. The van der Waals surface area contributed by atoms with Crippen LogP contribution < -0.4 is 0 Å². The Balaban J connectivity index is 2.33. The van der Waals surface area contributed by atoms with Crippen molar-refractivity contribution < 1.29 is 19.5 Å². The van der Waals surface area contributed by atoms with Crippen LogP contribution in [-0.2, 0) is 14.4 Å². The number of hydrogen-bond acceptors (Lipinski definition) is 4. The molecule has 0 saturated heterocycles. The normalized spacial score (nSPS) is 35.0. The first-order valence-corrected chi connectivity index (χ1v) is 8.33. The summed E-state index contributed by atoms with van der Waals surface area (Å²) in [6, 6.07) is 1.78. The fourth-order valence-electron chi connectivity index (χ4n) is 5.02. The van der Waals surface area contributed by atoms with Gasteiger partial charge in [-0.2, -0.15) is 5.26 Å². The molecule has 1 saturated carbocycles. The number of nitriles is 1. The molecule has 0 amide bonds. The van der Waals surface area contributed by atoms with Crippen LogP contribution >= 0.6 is 0 Å². The number of carboxylic acids is 1. The number of fused-ring (bicyclic) bond motifs is 3. The summed E-state index contributed by atoms with van der Waals surface area (Å²) in [7, 11) is 0. The van der Waals surface area contributed by atoms with Crippen LogP contribution in [0.4, 0.5) is 0 Å². The van der Waals surface area contributed by atoms with Crippen molar-refractivity contribution >= 4 is 17.5 Å². The number of rotatable bonds is 1. The zero-order chi connectivity index (χ0) is 19.5. The molecule has 0 aromatic rings. The van der Waals surface area contributed by atoms with Crippen LogP contribution in [0, 0.1) is 40.1 Å². The Labute approximate surface area is 151 Å². The molecule has 3 aliphatic carbocycles. The zero-order valence-corrected chi connectivity index (χ0v) is 14.8. The first-order chi connectivity index (χ1) is 12.0. The molecule has 0 aromatic heterocycles. The number of carbonyl (C=O) groups excluding carboxylic acids is 2. The SMILES string of the molecule is [C-]#[N+]C1=C[C@]2(C)C3=CC(=O)C(C#N)=C[C@]3(C(=O)O)CC[C@H]2C(C)(C)C1=O. The number of carbonyl (C=O) groups is 3. The Bertz CT molecular complexity index is 938. The molecule has 3 aliphatic rings. The summed E-state index contributed by atoms with van der Waals surface area (Å²) >= 11 is 0. The monoisotopic (exact) mass is 350 g/mol. The fraction of sp³-hybridized carbons (Fsp3) is 0.450. The molecule has 0 aliphatic heterocycles. The minimum Gasteiger partial charge on any atom is -0.480 e. The molecule has 6 nitrogen and oxygen atoms in total. The van der Waals surface area contributed by atoms with E-state index in [1.165, 1.54) is 18.2 Å². The van der Waals surface area contributed by atoms with E-state index in [4.69, 9.17) is 6.57 Å². The summed E-state index contributed by atoms with van der Waals surface area (Å²) in [4.78, 5) is 40.6. The third kappa shape index (κ3) is 1.99. The van der Waals surface area contributed by atoms with E-state index in [-0.39, 0.29) is 29.4 Å². The molecule has 6 heteroatoms. The summed E-state index contributed by atoms with van der Waals surface area (Å²) < 4.78 is 0. The highest BCUT2D eigenvalue weighted by molar-refractivity contribution is 6.11. The summed E-state index contributed by atoms with van der Waals surface area (Å²) in [6.07, 6.45) is 4.65. The second-order valence-electron chi connectivity index (χ2n) is 7.93. The number of aliphatic carboxylic acids is 1. The topological polar surface area (TPSA) is 99.6 Å². The molecule has 0 heterocycles. The fourth-order valence-corrected chi connectivity index (χ4v) is 5.02. The van der Waals surface area contributed by atoms with Crippen LogP contribution in [0.2, 0.25) is 0 Å². The van der Waals surface area contributed by atoms with E-state index >= 15 is 0 Å². The Morgan fingerprint density at radius 1 is 1.35 bits per heavy atom. The number of hydrogen-bond donors (Lipinski definition) is 1. The molecule has 1 N–H and O–H groups in total. The van der Waals surface area contributed by atoms with Crippen molar-refractivity contribution in [3.63, 3.8) is 0 Å². The van der Waals surface area contributed by atoms with E-state index in [1.807, 2.05) is 0 Å². The molecule has 0 bridgehead atoms. The van der Waals surface area contributed by atoms with Gasteiger partial charge in [0.2, 0.25) is 5.70 Å². The lowest BCUT2D eigenvalue weighted by Gasteiger charge is -2.56. The van der Waals surface area contributed by atoms with Crippen LogP contribution in [0.5, 0.6) is 0 Å². The quantitative estimate of drug-likeness (QED) is 0.733. The lowest BCUT2D eigenvalue weighted by Crippen LogP contribution is -2.55. The van der Waals surface area contributed by atoms with Crippen molar-refractivity contribution in [1.82, 2.24) is 0 Å².